The van der Waals surface area contributed by atoms with E-state index in [1.54, 1.807) is 4.68 Å². The highest BCUT2D eigenvalue weighted by atomic mass is 15.4. The van der Waals surface area contributed by atoms with Crippen LogP contribution in [-0.4, -0.2) is 14.8 Å². The third-order valence-corrected chi connectivity index (χ3v) is 2.51. The van der Waals surface area contributed by atoms with Crippen molar-refractivity contribution in [1.82, 2.24) is 14.8 Å². The highest BCUT2D eigenvalue weighted by Crippen LogP contribution is 2.20. The molecule has 1 aromatic heterocycles. The Labute approximate surface area is 92.8 Å². The fourth-order valence-electron chi connectivity index (χ4n) is 1.75. The molecular weight excluding hydrogens is 202 g/mol. The molecule has 0 radical (unpaired) electrons. The zero-order valence-corrected chi connectivity index (χ0v) is 8.61. The molecule has 0 aliphatic carbocycles. The molecule has 0 bridgehead atoms. The molecule has 1 aromatic carbocycles. The first-order valence-electron chi connectivity index (χ1n) is 5.04. The summed E-state index contributed by atoms with van der Waals surface area (Å²) in [5.41, 5.74) is 6.68. The minimum absolute atomic E-state index is 0.314. The summed E-state index contributed by atoms with van der Waals surface area (Å²) in [5.74, 6) is 1.17. The largest absolute Gasteiger partial charge is 0.366 e. The fraction of sp³-hybridized carbons (Fsp3) is 0.0909. The molecule has 16 heavy (non-hydrogen) atoms. The monoisotopic (exact) mass is 213 g/mol. The van der Waals surface area contributed by atoms with Gasteiger partial charge in [0.15, 0.2) is 5.82 Å². The van der Waals surface area contributed by atoms with E-state index in [1.165, 1.54) is 0 Å². The summed E-state index contributed by atoms with van der Waals surface area (Å²) in [7, 11) is 0. The van der Waals surface area contributed by atoms with Gasteiger partial charge in [-0.25, -0.2) is 4.68 Å². The summed E-state index contributed by atoms with van der Waals surface area (Å²) < 4.78 is 1.70. The highest BCUT2D eigenvalue weighted by molar-refractivity contribution is 5.53. The van der Waals surface area contributed by atoms with E-state index in [0.717, 1.165) is 11.5 Å². The molecule has 2 aromatic rings. The summed E-state index contributed by atoms with van der Waals surface area (Å²) in [6.45, 7) is 0.685. The first kappa shape index (κ1) is 8.96. The minimum atomic E-state index is 0.314. The Hall–Kier alpha value is -2.30. The van der Waals surface area contributed by atoms with Gasteiger partial charge in [0.05, 0.1) is 6.54 Å². The van der Waals surface area contributed by atoms with Crippen molar-refractivity contribution >= 4 is 17.8 Å². The van der Waals surface area contributed by atoms with E-state index in [4.69, 9.17) is 5.73 Å². The Bertz CT molecular complexity index is 529. The van der Waals surface area contributed by atoms with E-state index < -0.39 is 0 Å². The van der Waals surface area contributed by atoms with Gasteiger partial charge >= 0.3 is 0 Å². The first-order valence-corrected chi connectivity index (χ1v) is 5.04. The van der Waals surface area contributed by atoms with Crippen LogP contribution in [0.25, 0.3) is 6.20 Å². The van der Waals surface area contributed by atoms with Crippen LogP contribution in [0.15, 0.2) is 36.5 Å². The Morgan fingerprint density at radius 1 is 1.12 bits per heavy atom. The lowest BCUT2D eigenvalue weighted by molar-refractivity contribution is 0.775. The molecule has 80 valence electrons. The van der Waals surface area contributed by atoms with Gasteiger partial charge in [0, 0.05) is 18.1 Å². The number of nitrogens with two attached hydrogens (primary N) is 1. The van der Waals surface area contributed by atoms with Crippen molar-refractivity contribution in [3.63, 3.8) is 0 Å². The van der Waals surface area contributed by atoms with Gasteiger partial charge in [-0.15, -0.1) is 5.10 Å². The second kappa shape index (κ2) is 3.37. The van der Waals surface area contributed by atoms with Crippen LogP contribution in [0.4, 0.5) is 11.6 Å². The van der Waals surface area contributed by atoms with Crippen LogP contribution in [0, 0.1) is 0 Å². The Morgan fingerprint density at radius 2 is 1.94 bits per heavy atom. The van der Waals surface area contributed by atoms with Gasteiger partial charge in [-0.1, -0.05) is 18.2 Å². The SMILES string of the molecule is Nc1nc2n(n1)C=CN(c1ccccc1)C2. The minimum Gasteiger partial charge on any atom is -0.366 e. The number of nitrogen functional groups attached to an aromatic ring is 1. The number of aromatic nitrogens is 3. The van der Waals surface area contributed by atoms with E-state index in [0.29, 0.717) is 12.5 Å². The van der Waals surface area contributed by atoms with Crippen molar-refractivity contribution in [3.05, 3.63) is 42.4 Å². The number of fused-ring (bicyclic) bond motifs is 1. The lowest BCUT2D eigenvalue weighted by Crippen LogP contribution is -2.22. The van der Waals surface area contributed by atoms with Crippen molar-refractivity contribution in [2.45, 2.75) is 6.54 Å². The maximum atomic E-state index is 5.55. The molecule has 0 saturated carbocycles. The van der Waals surface area contributed by atoms with Crippen molar-refractivity contribution < 1.29 is 0 Å². The zero-order valence-electron chi connectivity index (χ0n) is 8.61. The van der Waals surface area contributed by atoms with Crippen LogP contribution in [0.2, 0.25) is 0 Å². The molecule has 0 saturated heterocycles. The summed E-state index contributed by atoms with van der Waals surface area (Å²) >= 11 is 0. The van der Waals surface area contributed by atoms with Gasteiger partial charge in [0.1, 0.15) is 0 Å². The van der Waals surface area contributed by atoms with Crippen molar-refractivity contribution in [2.24, 2.45) is 0 Å². The van der Waals surface area contributed by atoms with Crippen LogP contribution in [0.3, 0.4) is 0 Å². The normalized spacial score (nSPS) is 13.9. The number of para-hydroxylation sites is 1. The van der Waals surface area contributed by atoms with Crippen LogP contribution < -0.4 is 10.6 Å². The quantitative estimate of drug-likeness (QED) is 0.775. The zero-order chi connectivity index (χ0) is 11.0. The average molecular weight is 213 g/mol. The molecule has 0 atom stereocenters. The molecular formula is C11H11N5. The van der Waals surface area contributed by atoms with Gasteiger partial charge in [-0.2, -0.15) is 4.98 Å². The summed E-state index contributed by atoms with van der Waals surface area (Å²) in [5, 5.41) is 4.05. The van der Waals surface area contributed by atoms with Crippen LogP contribution >= 0.6 is 0 Å². The number of nitrogens with zero attached hydrogens (tertiary/aromatic N) is 4. The molecule has 0 spiro atoms. The molecule has 0 fully saturated rings. The molecule has 5 heteroatoms. The van der Waals surface area contributed by atoms with Gasteiger partial charge in [-0.3, -0.25) is 0 Å². The van der Waals surface area contributed by atoms with Gasteiger partial charge in [-0.05, 0) is 12.1 Å². The maximum Gasteiger partial charge on any atom is 0.240 e. The lowest BCUT2D eigenvalue weighted by Gasteiger charge is -2.22. The number of hydrogen-bond donors (Lipinski definition) is 1. The molecule has 2 heterocycles. The second-order valence-corrected chi connectivity index (χ2v) is 3.59. The predicted octanol–water partition coefficient (Wildman–Crippen LogP) is 1.31. The molecule has 0 unspecified atom stereocenters. The Balaban J connectivity index is 1.93. The average Bonchev–Trinajstić information content (AvgIpc) is 2.69. The summed E-state index contributed by atoms with van der Waals surface area (Å²) in [6.07, 6.45) is 3.83. The van der Waals surface area contributed by atoms with Crippen LogP contribution in [0.1, 0.15) is 5.82 Å². The van der Waals surface area contributed by atoms with Crippen molar-refractivity contribution in [1.29, 1.82) is 0 Å². The van der Waals surface area contributed by atoms with Gasteiger partial charge < -0.3 is 10.6 Å². The third kappa shape index (κ3) is 1.42. The molecule has 3 rings (SSSR count). The maximum absolute atomic E-state index is 5.55. The Kier molecular flexibility index (Phi) is 1.89. The summed E-state index contributed by atoms with van der Waals surface area (Å²) in [6, 6.07) is 10.1. The van der Waals surface area contributed by atoms with Crippen molar-refractivity contribution in [2.75, 3.05) is 10.6 Å². The van der Waals surface area contributed by atoms with Gasteiger partial charge in [0.25, 0.3) is 0 Å². The first-order chi connectivity index (χ1) is 7.83. The highest BCUT2D eigenvalue weighted by Gasteiger charge is 2.14. The molecule has 0 amide bonds. The van der Waals surface area contributed by atoms with E-state index in [1.807, 2.05) is 30.6 Å². The smallest absolute Gasteiger partial charge is 0.240 e. The van der Waals surface area contributed by atoms with Crippen LogP contribution in [0.5, 0.6) is 0 Å². The summed E-state index contributed by atoms with van der Waals surface area (Å²) in [4.78, 5) is 6.26. The predicted molar refractivity (Wildman–Crippen MR) is 62.4 cm³/mol. The van der Waals surface area contributed by atoms with E-state index in [-0.39, 0.29) is 0 Å². The Morgan fingerprint density at radius 3 is 2.75 bits per heavy atom. The molecule has 5 nitrogen and oxygen atoms in total. The fourth-order valence-corrected chi connectivity index (χ4v) is 1.75. The number of hydrogen-bond acceptors (Lipinski definition) is 4. The molecule has 2 N–H and O–H groups in total. The number of anilines is 2. The van der Waals surface area contributed by atoms with Crippen LogP contribution in [-0.2, 0) is 6.54 Å². The van der Waals surface area contributed by atoms with E-state index in [2.05, 4.69) is 27.1 Å². The van der Waals surface area contributed by atoms with Crippen molar-refractivity contribution in [3.8, 4) is 0 Å². The molecule has 1 aliphatic rings. The standard InChI is InChI=1S/C11H11N5/c12-11-13-10-8-15(6-7-16(10)14-11)9-4-2-1-3-5-9/h1-7H,8H2,(H2,12,14). The number of rotatable bonds is 1. The number of benzene rings is 1. The second-order valence-electron chi connectivity index (χ2n) is 3.59. The van der Waals surface area contributed by atoms with Gasteiger partial charge in [0.2, 0.25) is 5.95 Å². The van der Waals surface area contributed by atoms with E-state index in [9.17, 15) is 0 Å². The topological polar surface area (TPSA) is 60.0 Å². The molecule has 1 aliphatic heterocycles. The lowest BCUT2D eigenvalue weighted by atomic mass is 10.3. The van der Waals surface area contributed by atoms with E-state index >= 15 is 0 Å². The third-order valence-electron chi connectivity index (χ3n) is 2.51.